The van der Waals surface area contributed by atoms with E-state index in [4.69, 9.17) is 16.3 Å². The number of aryl methyl sites for hydroxylation is 1. The minimum Gasteiger partial charge on any atom is -0.487 e. The van der Waals surface area contributed by atoms with Gasteiger partial charge < -0.3 is 29.9 Å². The van der Waals surface area contributed by atoms with Crippen molar-refractivity contribution in [3.05, 3.63) is 58.1 Å². The average Bonchev–Trinajstić information content (AvgIpc) is 2.95. The zero-order valence-electron chi connectivity index (χ0n) is 23.7. The molecule has 2 aliphatic heterocycles. The number of aliphatic carboxylic acids is 1. The maximum atomic E-state index is 13.1. The van der Waals surface area contributed by atoms with Crippen molar-refractivity contribution in [2.75, 3.05) is 31.6 Å². The topological polar surface area (TPSA) is 111 Å². The lowest BCUT2D eigenvalue weighted by Crippen LogP contribution is -2.44. The van der Waals surface area contributed by atoms with Crippen LogP contribution in [-0.4, -0.2) is 64.9 Å². The zero-order valence-corrected chi connectivity index (χ0v) is 24.5. The summed E-state index contributed by atoms with van der Waals surface area (Å²) in [5.41, 5.74) is 0.671. The van der Waals surface area contributed by atoms with Crippen molar-refractivity contribution in [1.29, 1.82) is 0 Å². The average molecular weight is 585 g/mol. The summed E-state index contributed by atoms with van der Waals surface area (Å²) in [6.45, 7) is 2.17. The fourth-order valence-corrected chi connectivity index (χ4v) is 6.70. The van der Waals surface area contributed by atoms with Gasteiger partial charge in [-0.05, 0) is 104 Å². The standard InChI is InChI=1S/C32H41ClN2O6/c1-34-14-4-3-7-28(36)26-12-9-22(26)19-35-15-5-2-6-21-16-25(33)11-8-23(21)20-41-29-13-10-24(17-27(29)35)32(40,31(38)39)18-30(34)37/h8,10-11,13,16-17,22,26,28,36,40H,2-7,9,12,14-15,18-20H2,1H3,(H,38,39)/t22-,26+,28-,32+/m0/s1. The molecule has 0 spiro atoms. The first-order valence-electron chi connectivity index (χ1n) is 14.8. The second kappa shape index (κ2) is 12.6. The van der Waals surface area contributed by atoms with E-state index < -0.39 is 23.9 Å². The van der Waals surface area contributed by atoms with Crippen LogP contribution in [-0.2, 0) is 28.2 Å². The number of fused-ring (bicyclic) bond motifs is 3. The molecule has 5 rings (SSSR count). The first-order valence-corrected chi connectivity index (χ1v) is 15.2. The van der Waals surface area contributed by atoms with Crippen LogP contribution in [0.5, 0.6) is 5.75 Å². The Morgan fingerprint density at radius 3 is 2.59 bits per heavy atom. The Balaban J connectivity index is 1.57. The number of aliphatic hydroxyl groups excluding tert-OH is 1. The number of carboxylic acid groups (broad SMARTS) is 1. The Kier molecular flexibility index (Phi) is 9.12. The van der Waals surface area contributed by atoms with Gasteiger partial charge in [0.1, 0.15) is 12.4 Å². The van der Waals surface area contributed by atoms with Crippen LogP contribution < -0.4 is 9.64 Å². The second-order valence-electron chi connectivity index (χ2n) is 12.0. The summed E-state index contributed by atoms with van der Waals surface area (Å²) in [6.07, 6.45) is 5.90. The molecule has 3 N–H and O–H groups in total. The van der Waals surface area contributed by atoms with Gasteiger partial charge in [-0.15, -0.1) is 0 Å². The van der Waals surface area contributed by atoms with Gasteiger partial charge in [0.15, 0.2) is 5.60 Å². The van der Waals surface area contributed by atoms with Gasteiger partial charge in [-0.3, -0.25) is 4.79 Å². The van der Waals surface area contributed by atoms with Gasteiger partial charge in [0.25, 0.3) is 0 Å². The Morgan fingerprint density at radius 2 is 1.83 bits per heavy atom. The highest BCUT2D eigenvalue weighted by atomic mass is 35.5. The van der Waals surface area contributed by atoms with Crippen LogP contribution in [0.2, 0.25) is 5.02 Å². The number of anilines is 1. The van der Waals surface area contributed by atoms with Crippen LogP contribution in [0.4, 0.5) is 5.69 Å². The predicted octanol–water partition coefficient (Wildman–Crippen LogP) is 4.75. The highest BCUT2D eigenvalue weighted by Crippen LogP contribution is 2.42. The van der Waals surface area contributed by atoms with Crippen molar-refractivity contribution in [2.45, 2.75) is 76.1 Å². The molecule has 8 nitrogen and oxygen atoms in total. The lowest BCUT2D eigenvalue weighted by Gasteiger charge is -2.43. The molecule has 41 heavy (non-hydrogen) atoms. The van der Waals surface area contributed by atoms with Crippen molar-refractivity contribution < 1.29 is 29.6 Å². The van der Waals surface area contributed by atoms with Crippen molar-refractivity contribution in [3.63, 3.8) is 0 Å². The minimum atomic E-state index is -2.38. The number of rotatable bonds is 1. The molecular weight excluding hydrogens is 544 g/mol. The molecule has 3 aliphatic rings. The number of carboxylic acids is 1. The number of hydrogen-bond acceptors (Lipinski definition) is 6. The van der Waals surface area contributed by atoms with Crippen LogP contribution in [0, 0.1) is 11.8 Å². The Morgan fingerprint density at radius 1 is 1.02 bits per heavy atom. The molecule has 222 valence electrons. The molecule has 1 fully saturated rings. The number of ether oxygens (including phenoxy) is 1. The van der Waals surface area contributed by atoms with E-state index in [0.717, 1.165) is 49.7 Å². The van der Waals surface area contributed by atoms with Crippen molar-refractivity contribution in [2.24, 2.45) is 11.8 Å². The maximum absolute atomic E-state index is 13.1. The van der Waals surface area contributed by atoms with Gasteiger partial charge in [-0.25, -0.2) is 4.79 Å². The summed E-state index contributed by atoms with van der Waals surface area (Å²) in [5, 5.41) is 33.4. The van der Waals surface area contributed by atoms with E-state index in [0.29, 0.717) is 61.5 Å². The van der Waals surface area contributed by atoms with Gasteiger partial charge in [-0.1, -0.05) is 23.7 Å². The SMILES string of the molecule is CN1CCCC[C@H](O)[C@@H]2CC[C@H]2CN2CCCCc3cc(Cl)ccc3COc3ccc(cc32)[C@@](O)(C(=O)O)CC1=O. The molecule has 2 bridgehead atoms. The third kappa shape index (κ3) is 6.50. The monoisotopic (exact) mass is 584 g/mol. The van der Waals surface area contributed by atoms with E-state index in [1.54, 1.807) is 25.2 Å². The summed E-state index contributed by atoms with van der Waals surface area (Å²) < 4.78 is 6.38. The quantitative estimate of drug-likeness (QED) is 0.443. The number of nitrogens with zero attached hydrogens (tertiary/aromatic N) is 2. The van der Waals surface area contributed by atoms with Crippen LogP contribution in [0.15, 0.2) is 36.4 Å². The molecule has 0 aromatic heterocycles. The largest absolute Gasteiger partial charge is 0.487 e. The van der Waals surface area contributed by atoms with Crippen molar-refractivity contribution >= 4 is 29.2 Å². The van der Waals surface area contributed by atoms with Gasteiger partial charge in [0.2, 0.25) is 5.91 Å². The third-order valence-corrected chi connectivity index (χ3v) is 9.54. The van der Waals surface area contributed by atoms with Crippen molar-refractivity contribution in [3.8, 4) is 5.75 Å². The zero-order chi connectivity index (χ0) is 29.1. The molecule has 0 unspecified atom stereocenters. The molecule has 1 saturated carbocycles. The van der Waals surface area contributed by atoms with Crippen LogP contribution in [0.1, 0.15) is 68.1 Å². The highest BCUT2D eigenvalue weighted by Gasteiger charge is 2.43. The molecule has 1 amide bonds. The predicted molar refractivity (Wildman–Crippen MR) is 157 cm³/mol. The summed E-state index contributed by atoms with van der Waals surface area (Å²) in [5.74, 6) is -0.808. The molecule has 2 heterocycles. The molecule has 9 heteroatoms. The van der Waals surface area contributed by atoms with E-state index in [9.17, 15) is 24.9 Å². The van der Waals surface area contributed by atoms with Gasteiger partial charge >= 0.3 is 5.97 Å². The molecule has 4 atom stereocenters. The number of amides is 1. The number of aliphatic hydroxyl groups is 2. The Bertz CT molecular complexity index is 1270. The molecule has 0 saturated heterocycles. The fraction of sp³-hybridized carbons (Fsp3) is 0.562. The molecule has 2 aromatic rings. The van der Waals surface area contributed by atoms with E-state index >= 15 is 0 Å². The third-order valence-electron chi connectivity index (χ3n) is 9.31. The number of hydrogen-bond donors (Lipinski definition) is 3. The number of carbonyl (C=O) groups is 2. The first-order chi connectivity index (χ1) is 19.7. The summed E-state index contributed by atoms with van der Waals surface area (Å²) >= 11 is 6.30. The van der Waals surface area contributed by atoms with Crippen molar-refractivity contribution in [1.82, 2.24) is 4.90 Å². The van der Waals surface area contributed by atoms with E-state index in [-0.39, 0.29) is 17.6 Å². The van der Waals surface area contributed by atoms with Crippen LogP contribution in [0.3, 0.4) is 0 Å². The Hall–Kier alpha value is -2.81. The first kappa shape index (κ1) is 29.7. The van der Waals surface area contributed by atoms with Gasteiger partial charge in [0.05, 0.1) is 18.2 Å². The summed E-state index contributed by atoms with van der Waals surface area (Å²) in [4.78, 5) is 29.3. The minimum absolute atomic E-state index is 0.151. The van der Waals surface area contributed by atoms with Gasteiger partial charge in [0, 0.05) is 31.7 Å². The van der Waals surface area contributed by atoms with E-state index in [2.05, 4.69) is 4.90 Å². The molecule has 0 radical (unpaired) electrons. The van der Waals surface area contributed by atoms with Crippen LogP contribution >= 0.6 is 11.6 Å². The summed E-state index contributed by atoms with van der Waals surface area (Å²) in [7, 11) is 1.63. The lowest BCUT2D eigenvalue weighted by atomic mass is 9.69. The van der Waals surface area contributed by atoms with E-state index in [1.807, 2.05) is 18.2 Å². The Labute approximate surface area is 246 Å². The molecular formula is C32H41ClN2O6. The van der Waals surface area contributed by atoms with E-state index in [1.165, 1.54) is 4.90 Å². The molecule has 1 aliphatic carbocycles. The fourth-order valence-electron chi connectivity index (χ4n) is 6.50. The number of carbonyl (C=O) groups excluding carboxylic acids is 1. The normalized spacial score (nSPS) is 27.9. The molecule has 2 aromatic carbocycles. The number of benzene rings is 2. The lowest BCUT2D eigenvalue weighted by molar-refractivity contribution is -0.164. The maximum Gasteiger partial charge on any atom is 0.340 e. The highest BCUT2D eigenvalue weighted by molar-refractivity contribution is 6.30. The van der Waals surface area contributed by atoms with Crippen LogP contribution in [0.25, 0.3) is 0 Å². The van der Waals surface area contributed by atoms with Gasteiger partial charge in [-0.2, -0.15) is 0 Å². The number of halogens is 1. The summed E-state index contributed by atoms with van der Waals surface area (Å²) in [6, 6.07) is 10.8. The second-order valence-corrected chi connectivity index (χ2v) is 12.4. The smallest absolute Gasteiger partial charge is 0.340 e.